The third-order valence-electron chi connectivity index (χ3n) is 4.94. The molecule has 3 fully saturated rings. The highest BCUT2D eigenvalue weighted by Crippen LogP contribution is 2.51. The molecule has 5 heteroatoms. The molecule has 0 radical (unpaired) electrons. The predicted molar refractivity (Wildman–Crippen MR) is 69.8 cm³/mol. The zero-order chi connectivity index (χ0) is 14.2. The molecular weight excluding hydrogens is 260 g/mol. The number of carbonyl (C=O) groups is 2. The topological polar surface area (TPSA) is 61.8 Å². The summed E-state index contributed by atoms with van der Waals surface area (Å²) < 4.78 is 16.8. The first kappa shape index (κ1) is 14.0. The average Bonchev–Trinajstić information content (AvgIpc) is 3.00. The van der Waals surface area contributed by atoms with Crippen LogP contribution in [0.2, 0.25) is 0 Å². The van der Waals surface area contributed by atoms with Gasteiger partial charge in [-0.05, 0) is 26.2 Å². The number of rotatable bonds is 2. The SMILES string of the molecule is CCOC(=O)[C@@H]1CCC(=O)[C@@H]2CCC3(OCCO3)[C@@H]2C1. The molecule has 0 aromatic carbocycles. The molecule has 0 aromatic rings. The first-order valence-electron chi connectivity index (χ1n) is 7.63. The first-order valence-corrected chi connectivity index (χ1v) is 7.63. The third-order valence-corrected chi connectivity index (χ3v) is 4.94. The summed E-state index contributed by atoms with van der Waals surface area (Å²) >= 11 is 0. The Balaban J connectivity index is 1.81. The van der Waals surface area contributed by atoms with E-state index < -0.39 is 5.79 Å². The minimum Gasteiger partial charge on any atom is -0.466 e. The van der Waals surface area contributed by atoms with Crippen molar-refractivity contribution in [2.45, 2.75) is 44.8 Å². The number of carbonyl (C=O) groups excluding carboxylic acids is 2. The second-order valence-corrected chi connectivity index (χ2v) is 5.95. The average molecular weight is 282 g/mol. The van der Waals surface area contributed by atoms with Crippen molar-refractivity contribution in [2.24, 2.45) is 17.8 Å². The number of esters is 1. The van der Waals surface area contributed by atoms with Crippen LogP contribution in [0.25, 0.3) is 0 Å². The van der Waals surface area contributed by atoms with Gasteiger partial charge < -0.3 is 14.2 Å². The molecule has 1 aliphatic heterocycles. The Morgan fingerprint density at radius 1 is 1.35 bits per heavy atom. The maximum Gasteiger partial charge on any atom is 0.308 e. The van der Waals surface area contributed by atoms with Gasteiger partial charge in [0, 0.05) is 24.7 Å². The van der Waals surface area contributed by atoms with Crippen LogP contribution in [-0.2, 0) is 23.8 Å². The quantitative estimate of drug-likeness (QED) is 0.721. The van der Waals surface area contributed by atoms with Gasteiger partial charge in [-0.2, -0.15) is 0 Å². The fourth-order valence-corrected chi connectivity index (χ4v) is 4.01. The fourth-order valence-electron chi connectivity index (χ4n) is 4.01. The van der Waals surface area contributed by atoms with E-state index in [0.717, 1.165) is 12.8 Å². The molecule has 2 aliphatic carbocycles. The lowest BCUT2D eigenvalue weighted by atomic mass is 9.85. The lowest BCUT2D eigenvalue weighted by Gasteiger charge is -2.32. The molecule has 0 bridgehead atoms. The molecule has 0 amide bonds. The van der Waals surface area contributed by atoms with Gasteiger partial charge in [-0.15, -0.1) is 0 Å². The summed E-state index contributed by atoms with van der Waals surface area (Å²) in [6, 6.07) is 0. The molecular formula is C15H22O5. The summed E-state index contributed by atoms with van der Waals surface area (Å²) in [5.41, 5.74) is 0. The van der Waals surface area contributed by atoms with Gasteiger partial charge in [0.15, 0.2) is 5.79 Å². The van der Waals surface area contributed by atoms with Crippen LogP contribution in [0.4, 0.5) is 0 Å². The van der Waals surface area contributed by atoms with Crippen molar-refractivity contribution < 1.29 is 23.8 Å². The van der Waals surface area contributed by atoms with E-state index in [-0.39, 0.29) is 29.5 Å². The Kier molecular flexibility index (Phi) is 3.82. The molecule has 5 nitrogen and oxygen atoms in total. The molecule has 0 N–H and O–H groups in total. The number of fused-ring (bicyclic) bond motifs is 2. The first-order chi connectivity index (χ1) is 9.66. The zero-order valence-electron chi connectivity index (χ0n) is 11.9. The van der Waals surface area contributed by atoms with Gasteiger partial charge in [-0.3, -0.25) is 9.59 Å². The molecule has 3 aliphatic rings. The van der Waals surface area contributed by atoms with Gasteiger partial charge in [0.1, 0.15) is 5.78 Å². The van der Waals surface area contributed by atoms with Gasteiger partial charge >= 0.3 is 5.97 Å². The van der Waals surface area contributed by atoms with Crippen molar-refractivity contribution in [1.29, 1.82) is 0 Å². The van der Waals surface area contributed by atoms with E-state index in [1.165, 1.54) is 0 Å². The Bertz CT molecular complexity index is 399. The number of ketones is 1. The molecule has 1 saturated heterocycles. The largest absolute Gasteiger partial charge is 0.466 e. The van der Waals surface area contributed by atoms with Crippen molar-refractivity contribution in [3.05, 3.63) is 0 Å². The number of hydrogen-bond donors (Lipinski definition) is 0. The van der Waals surface area contributed by atoms with Crippen molar-refractivity contribution in [3.8, 4) is 0 Å². The molecule has 0 unspecified atom stereocenters. The lowest BCUT2D eigenvalue weighted by molar-refractivity contribution is -0.191. The van der Waals surface area contributed by atoms with Crippen LogP contribution in [0.15, 0.2) is 0 Å². The van der Waals surface area contributed by atoms with Crippen molar-refractivity contribution in [3.63, 3.8) is 0 Å². The minimum atomic E-state index is -0.616. The summed E-state index contributed by atoms with van der Waals surface area (Å²) in [6.45, 7) is 3.36. The smallest absolute Gasteiger partial charge is 0.308 e. The van der Waals surface area contributed by atoms with Gasteiger partial charge in [-0.25, -0.2) is 0 Å². The maximum absolute atomic E-state index is 12.3. The molecule has 3 rings (SSSR count). The summed E-state index contributed by atoms with van der Waals surface area (Å²) in [6.07, 6.45) is 3.30. The van der Waals surface area contributed by atoms with E-state index in [2.05, 4.69) is 0 Å². The van der Waals surface area contributed by atoms with Gasteiger partial charge in [0.2, 0.25) is 0 Å². The second kappa shape index (κ2) is 5.45. The molecule has 0 aromatic heterocycles. The highest BCUT2D eigenvalue weighted by molar-refractivity contribution is 5.83. The summed E-state index contributed by atoms with van der Waals surface area (Å²) in [5, 5.41) is 0. The molecule has 1 spiro atoms. The van der Waals surface area contributed by atoms with Gasteiger partial charge in [0.05, 0.1) is 25.7 Å². The van der Waals surface area contributed by atoms with Crippen LogP contribution in [0.3, 0.4) is 0 Å². The third kappa shape index (κ3) is 2.27. The van der Waals surface area contributed by atoms with Gasteiger partial charge in [0.25, 0.3) is 0 Å². The van der Waals surface area contributed by atoms with Crippen LogP contribution >= 0.6 is 0 Å². The van der Waals surface area contributed by atoms with E-state index in [1.54, 1.807) is 0 Å². The Morgan fingerprint density at radius 2 is 2.10 bits per heavy atom. The number of hydrogen-bond acceptors (Lipinski definition) is 5. The molecule has 3 atom stereocenters. The number of ether oxygens (including phenoxy) is 3. The van der Waals surface area contributed by atoms with Crippen LogP contribution in [0.1, 0.15) is 39.0 Å². The van der Waals surface area contributed by atoms with E-state index >= 15 is 0 Å². The highest BCUT2D eigenvalue weighted by Gasteiger charge is 2.56. The summed E-state index contributed by atoms with van der Waals surface area (Å²) in [4.78, 5) is 24.3. The Labute approximate surface area is 118 Å². The van der Waals surface area contributed by atoms with E-state index in [1.807, 2.05) is 6.92 Å². The molecule has 2 saturated carbocycles. The molecule has 1 heterocycles. The lowest BCUT2D eigenvalue weighted by Crippen LogP contribution is -2.39. The predicted octanol–water partition coefficient (Wildman–Crippen LogP) is 1.69. The molecule has 20 heavy (non-hydrogen) atoms. The minimum absolute atomic E-state index is 0.00692. The van der Waals surface area contributed by atoms with E-state index in [4.69, 9.17) is 14.2 Å². The molecule has 112 valence electrons. The van der Waals surface area contributed by atoms with Crippen LogP contribution in [0, 0.1) is 17.8 Å². The van der Waals surface area contributed by atoms with Crippen molar-refractivity contribution in [2.75, 3.05) is 19.8 Å². The fraction of sp³-hybridized carbons (Fsp3) is 0.867. The highest BCUT2D eigenvalue weighted by atomic mass is 16.7. The summed E-state index contributed by atoms with van der Waals surface area (Å²) in [5.74, 6) is -0.729. The maximum atomic E-state index is 12.3. The van der Waals surface area contributed by atoms with E-state index in [0.29, 0.717) is 39.1 Å². The second-order valence-electron chi connectivity index (χ2n) is 5.95. The monoisotopic (exact) mass is 282 g/mol. The Morgan fingerprint density at radius 3 is 2.80 bits per heavy atom. The summed E-state index contributed by atoms with van der Waals surface area (Å²) in [7, 11) is 0. The number of Topliss-reactive ketones (excluding diaryl/α,β-unsaturated/α-hetero) is 1. The van der Waals surface area contributed by atoms with E-state index in [9.17, 15) is 9.59 Å². The Hall–Kier alpha value is -0.940. The zero-order valence-corrected chi connectivity index (χ0v) is 11.9. The van der Waals surface area contributed by atoms with Crippen molar-refractivity contribution >= 4 is 11.8 Å². The van der Waals surface area contributed by atoms with Crippen LogP contribution in [-0.4, -0.2) is 37.4 Å². The van der Waals surface area contributed by atoms with Crippen LogP contribution < -0.4 is 0 Å². The van der Waals surface area contributed by atoms with Gasteiger partial charge in [-0.1, -0.05) is 0 Å². The normalized spacial score (nSPS) is 35.9. The van der Waals surface area contributed by atoms with Crippen molar-refractivity contribution in [1.82, 2.24) is 0 Å². The van der Waals surface area contributed by atoms with Crippen LogP contribution in [0.5, 0.6) is 0 Å². The standard InChI is InChI=1S/C15H22O5/c1-2-18-14(17)10-3-4-13(16)11-5-6-15(12(11)9-10)19-7-8-20-15/h10-12H,2-9H2,1H3/t10-,11-,12-/m1/s1.